The van der Waals surface area contributed by atoms with E-state index < -0.39 is 17.8 Å². The van der Waals surface area contributed by atoms with Crippen LogP contribution in [0, 0.1) is 18.8 Å². The van der Waals surface area contributed by atoms with E-state index >= 15 is 0 Å². The van der Waals surface area contributed by atoms with Gasteiger partial charge in [0.1, 0.15) is 17.6 Å². The third kappa shape index (κ3) is 3.14. The number of rotatable bonds is 6. The summed E-state index contributed by atoms with van der Waals surface area (Å²) in [6.45, 7) is 2.10. The first-order chi connectivity index (χ1) is 9.02. The quantitative estimate of drug-likeness (QED) is 0.806. The summed E-state index contributed by atoms with van der Waals surface area (Å²) < 4.78 is 10.5. The number of nitrogens with one attached hydrogen (secondary N) is 1. The maximum Gasteiger partial charge on any atom is 0.307 e. The predicted molar refractivity (Wildman–Crippen MR) is 65.4 cm³/mol. The molecule has 1 aromatic heterocycles. The van der Waals surface area contributed by atoms with E-state index in [2.05, 4.69) is 5.32 Å². The summed E-state index contributed by atoms with van der Waals surface area (Å²) in [6, 6.07) is 3.20. The number of carboxylic acid groups (broad SMARTS) is 1. The minimum absolute atomic E-state index is 0.261. The fourth-order valence-corrected chi connectivity index (χ4v) is 2.04. The maximum absolute atomic E-state index is 11.9. The molecule has 6 nitrogen and oxygen atoms in total. The van der Waals surface area contributed by atoms with Crippen molar-refractivity contribution in [2.75, 3.05) is 13.7 Å². The van der Waals surface area contributed by atoms with Gasteiger partial charge in [0, 0.05) is 7.11 Å². The Hall–Kier alpha value is -1.82. The van der Waals surface area contributed by atoms with Crippen LogP contribution in [0.4, 0.5) is 0 Å². The minimum Gasteiger partial charge on any atom is -0.481 e. The zero-order valence-corrected chi connectivity index (χ0v) is 10.9. The van der Waals surface area contributed by atoms with Crippen LogP contribution in [0.1, 0.15) is 24.0 Å². The van der Waals surface area contributed by atoms with Crippen molar-refractivity contribution in [3.8, 4) is 0 Å². The fourth-order valence-electron chi connectivity index (χ4n) is 2.04. The molecule has 1 heterocycles. The minimum atomic E-state index is -0.919. The van der Waals surface area contributed by atoms with E-state index in [0.717, 1.165) is 5.76 Å². The molecule has 2 rings (SSSR count). The Morgan fingerprint density at radius 1 is 1.53 bits per heavy atom. The summed E-state index contributed by atoms with van der Waals surface area (Å²) in [6.07, 6.45) is 0.401. The van der Waals surface area contributed by atoms with Gasteiger partial charge in [0.05, 0.1) is 18.4 Å². The normalized spacial score (nSPS) is 22.8. The molecule has 1 amide bonds. The van der Waals surface area contributed by atoms with Gasteiger partial charge in [-0.1, -0.05) is 0 Å². The van der Waals surface area contributed by atoms with Gasteiger partial charge in [0.25, 0.3) is 0 Å². The van der Waals surface area contributed by atoms with Crippen LogP contribution in [0.3, 0.4) is 0 Å². The number of amides is 1. The number of ether oxygens (including phenoxy) is 1. The molecular weight excluding hydrogens is 250 g/mol. The van der Waals surface area contributed by atoms with Gasteiger partial charge in [0.15, 0.2) is 0 Å². The van der Waals surface area contributed by atoms with Gasteiger partial charge in [-0.3, -0.25) is 9.59 Å². The number of furan rings is 1. The van der Waals surface area contributed by atoms with Gasteiger partial charge in [-0.05, 0) is 25.5 Å². The summed E-state index contributed by atoms with van der Waals surface area (Å²) in [7, 11) is 1.53. The van der Waals surface area contributed by atoms with Crippen LogP contribution in [0.15, 0.2) is 16.5 Å². The average molecular weight is 267 g/mol. The summed E-state index contributed by atoms with van der Waals surface area (Å²) in [4.78, 5) is 22.7. The van der Waals surface area contributed by atoms with Crippen LogP contribution in [0.5, 0.6) is 0 Å². The second kappa shape index (κ2) is 5.44. The molecule has 0 unspecified atom stereocenters. The lowest BCUT2D eigenvalue weighted by Gasteiger charge is -2.15. The highest BCUT2D eigenvalue weighted by Crippen LogP contribution is 2.39. The van der Waals surface area contributed by atoms with Gasteiger partial charge >= 0.3 is 5.97 Å². The van der Waals surface area contributed by atoms with Crippen molar-refractivity contribution in [1.82, 2.24) is 5.32 Å². The third-order valence-electron chi connectivity index (χ3n) is 3.20. The Morgan fingerprint density at radius 3 is 2.74 bits per heavy atom. The SMILES string of the molecule is COC[C@H](NC(=O)[C@H]1C[C@@H]1C(=O)O)c1ccc(C)o1. The lowest BCUT2D eigenvalue weighted by molar-refractivity contribution is -0.140. The second-order valence-corrected chi connectivity index (χ2v) is 4.75. The molecule has 19 heavy (non-hydrogen) atoms. The van der Waals surface area contributed by atoms with Crippen LogP contribution >= 0.6 is 0 Å². The van der Waals surface area contributed by atoms with E-state index in [1.54, 1.807) is 12.1 Å². The monoisotopic (exact) mass is 267 g/mol. The Morgan fingerprint density at radius 2 is 2.26 bits per heavy atom. The number of carbonyl (C=O) groups is 2. The topological polar surface area (TPSA) is 88.8 Å². The van der Waals surface area contributed by atoms with Gasteiger partial charge in [-0.2, -0.15) is 0 Å². The Bertz CT molecular complexity index is 481. The van der Waals surface area contributed by atoms with Crippen LogP contribution in [0.25, 0.3) is 0 Å². The number of aliphatic carboxylic acids is 1. The van der Waals surface area contributed by atoms with Gasteiger partial charge < -0.3 is 19.6 Å². The molecule has 2 N–H and O–H groups in total. The number of carboxylic acids is 1. The van der Waals surface area contributed by atoms with Crippen LogP contribution in [-0.2, 0) is 14.3 Å². The first-order valence-corrected chi connectivity index (χ1v) is 6.11. The van der Waals surface area contributed by atoms with Crippen molar-refractivity contribution in [2.45, 2.75) is 19.4 Å². The Labute approximate surface area is 110 Å². The molecule has 0 saturated heterocycles. The number of methoxy groups -OCH3 is 1. The van der Waals surface area contributed by atoms with E-state index in [4.69, 9.17) is 14.3 Å². The van der Waals surface area contributed by atoms with Crippen molar-refractivity contribution < 1.29 is 23.8 Å². The molecular formula is C13H17NO5. The zero-order chi connectivity index (χ0) is 14.0. The molecule has 6 heteroatoms. The molecule has 3 atom stereocenters. The smallest absolute Gasteiger partial charge is 0.307 e. The van der Waals surface area contributed by atoms with E-state index in [0.29, 0.717) is 12.2 Å². The molecule has 0 bridgehead atoms. The highest BCUT2D eigenvalue weighted by molar-refractivity contribution is 5.89. The summed E-state index contributed by atoms with van der Waals surface area (Å²) in [5, 5.41) is 11.6. The average Bonchev–Trinajstić information content (AvgIpc) is 3.05. The number of hydrogen-bond acceptors (Lipinski definition) is 4. The second-order valence-electron chi connectivity index (χ2n) is 4.75. The molecule has 1 aliphatic carbocycles. The van der Waals surface area contributed by atoms with Crippen LogP contribution in [-0.4, -0.2) is 30.7 Å². The lowest BCUT2D eigenvalue weighted by atomic mass is 10.2. The fraction of sp³-hybridized carbons (Fsp3) is 0.538. The van der Waals surface area contributed by atoms with Gasteiger partial charge in [-0.25, -0.2) is 0 Å². The van der Waals surface area contributed by atoms with E-state index in [-0.39, 0.29) is 18.6 Å². The first kappa shape index (κ1) is 13.6. The van der Waals surface area contributed by atoms with E-state index in [1.165, 1.54) is 7.11 Å². The molecule has 0 radical (unpaired) electrons. The van der Waals surface area contributed by atoms with Crippen molar-refractivity contribution in [3.05, 3.63) is 23.7 Å². The van der Waals surface area contributed by atoms with Gasteiger partial charge in [-0.15, -0.1) is 0 Å². The molecule has 0 spiro atoms. The molecule has 1 fully saturated rings. The lowest BCUT2D eigenvalue weighted by Crippen LogP contribution is -2.33. The van der Waals surface area contributed by atoms with Crippen molar-refractivity contribution in [1.29, 1.82) is 0 Å². The van der Waals surface area contributed by atoms with E-state index in [9.17, 15) is 9.59 Å². The Kier molecular flexibility index (Phi) is 3.90. The third-order valence-corrected chi connectivity index (χ3v) is 3.20. The largest absolute Gasteiger partial charge is 0.481 e. The Balaban J connectivity index is 1.98. The van der Waals surface area contributed by atoms with Crippen LogP contribution < -0.4 is 5.32 Å². The summed E-state index contributed by atoms with van der Waals surface area (Å²) in [5.74, 6) is -0.810. The molecule has 1 aliphatic rings. The maximum atomic E-state index is 11.9. The van der Waals surface area contributed by atoms with E-state index in [1.807, 2.05) is 6.92 Å². The molecule has 0 aliphatic heterocycles. The van der Waals surface area contributed by atoms with Crippen LogP contribution in [0.2, 0.25) is 0 Å². The highest BCUT2D eigenvalue weighted by Gasteiger charge is 2.48. The number of aryl methyl sites for hydroxylation is 1. The van der Waals surface area contributed by atoms with Crippen molar-refractivity contribution in [2.24, 2.45) is 11.8 Å². The molecule has 1 aromatic rings. The highest BCUT2D eigenvalue weighted by atomic mass is 16.5. The summed E-state index contributed by atoms with van der Waals surface area (Å²) in [5.41, 5.74) is 0. The predicted octanol–water partition coefficient (Wildman–Crippen LogP) is 1.11. The van der Waals surface area contributed by atoms with Crippen molar-refractivity contribution >= 4 is 11.9 Å². The number of hydrogen-bond donors (Lipinski definition) is 2. The molecule has 0 aromatic carbocycles. The molecule has 1 saturated carbocycles. The standard InChI is InChI=1S/C13H17NO5/c1-7-3-4-11(19-7)10(6-18-2)14-12(15)8-5-9(8)13(16)17/h3-4,8-10H,5-6H2,1-2H3,(H,14,15)(H,16,17)/t8-,9-,10-/m0/s1. The number of carbonyl (C=O) groups excluding carboxylic acids is 1. The first-order valence-electron chi connectivity index (χ1n) is 6.11. The molecule has 104 valence electrons. The zero-order valence-electron chi connectivity index (χ0n) is 10.9. The van der Waals surface area contributed by atoms with Crippen molar-refractivity contribution in [3.63, 3.8) is 0 Å². The summed E-state index contributed by atoms with van der Waals surface area (Å²) >= 11 is 0. The van der Waals surface area contributed by atoms with Gasteiger partial charge in [0.2, 0.25) is 5.91 Å².